The van der Waals surface area contributed by atoms with Gasteiger partial charge in [0.05, 0.1) is 17.1 Å². The average Bonchev–Trinajstić information content (AvgIpc) is 3.07. The molecule has 5 nitrogen and oxygen atoms in total. The molecular formula is C22H25N3O2. The highest BCUT2D eigenvalue weighted by Gasteiger charge is 2.31. The van der Waals surface area contributed by atoms with Crippen molar-refractivity contribution < 1.29 is 9.32 Å². The van der Waals surface area contributed by atoms with E-state index in [4.69, 9.17) is 4.52 Å². The molecule has 1 aliphatic rings. The van der Waals surface area contributed by atoms with Crippen LogP contribution in [0.25, 0.3) is 10.9 Å². The number of pyridine rings is 1. The van der Waals surface area contributed by atoms with Gasteiger partial charge in [0.1, 0.15) is 11.5 Å². The van der Waals surface area contributed by atoms with Crippen molar-refractivity contribution in [3.63, 3.8) is 0 Å². The fraction of sp³-hybridized carbons (Fsp3) is 0.409. The van der Waals surface area contributed by atoms with Gasteiger partial charge in [0.2, 0.25) is 0 Å². The number of hydrogen-bond acceptors (Lipinski definition) is 4. The quantitative estimate of drug-likeness (QED) is 0.655. The fourth-order valence-corrected chi connectivity index (χ4v) is 4.17. The maximum Gasteiger partial charge on any atom is 0.255 e. The number of carbonyl (C=O) groups excluding carboxylic acids is 1. The van der Waals surface area contributed by atoms with Crippen LogP contribution in [0, 0.1) is 27.7 Å². The highest BCUT2D eigenvalue weighted by atomic mass is 16.5. The van der Waals surface area contributed by atoms with E-state index in [-0.39, 0.29) is 11.9 Å². The summed E-state index contributed by atoms with van der Waals surface area (Å²) >= 11 is 0. The van der Waals surface area contributed by atoms with Crippen molar-refractivity contribution in [3.05, 3.63) is 58.1 Å². The lowest BCUT2D eigenvalue weighted by Crippen LogP contribution is -2.38. The third-order valence-electron chi connectivity index (χ3n) is 5.36. The van der Waals surface area contributed by atoms with Crippen LogP contribution in [-0.4, -0.2) is 27.5 Å². The van der Waals surface area contributed by atoms with Crippen LogP contribution >= 0.6 is 0 Å². The van der Waals surface area contributed by atoms with Crippen molar-refractivity contribution in [2.45, 2.75) is 53.0 Å². The predicted octanol–water partition coefficient (Wildman–Crippen LogP) is 4.82. The maximum absolute atomic E-state index is 13.6. The number of carbonyl (C=O) groups is 1. The lowest BCUT2D eigenvalue weighted by molar-refractivity contribution is 0.0604. The smallest absolute Gasteiger partial charge is 0.255 e. The van der Waals surface area contributed by atoms with Crippen LogP contribution in [0.3, 0.4) is 0 Å². The molecule has 1 aromatic carbocycles. The second-order valence-corrected chi connectivity index (χ2v) is 7.66. The standard InChI is InChI=1S/C22H25N3O2/c1-13-9-14(2)21-17(10-13)18(11-15(3)23-21)22(26)25-8-6-5-7-20(25)19-12-16(4)27-24-19/h9-12,20H,5-8H2,1-4H3/t20-/m1/s1. The highest BCUT2D eigenvalue weighted by Crippen LogP contribution is 2.33. The number of aryl methyl sites for hydroxylation is 4. The van der Waals surface area contributed by atoms with Crippen LogP contribution in [0.4, 0.5) is 0 Å². The third kappa shape index (κ3) is 3.22. The molecule has 1 saturated heterocycles. The molecule has 4 rings (SSSR count). The molecule has 0 unspecified atom stereocenters. The van der Waals surface area contributed by atoms with Crippen molar-refractivity contribution in [1.29, 1.82) is 0 Å². The minimum Gasteiger partial charge on any atom is -0.361 e. The summed E-state index contributed by atoms with van der Waals surface area (Å²) in [5.41, 5.74) is 5.60. The van der Waals surface area contributed by atoms with Crippen LogP contribution in [0.5, 0.6) is 0 Å². The first kappa shape index (κ1) is 17.7. The first-order chi connectivity index (χ1) is 12.9. The first-order valence-corrected chi connectivity index (χ1v) is 9.57. The molecule has 0 radical (unpaired) electrons. The zero-order valence-corrected chi connectivity index (χ0v) is 16.4. The van der Waals surface area contributed by atoms with Gasteiger partial charge >= 0.3 is 0 Å². The fourth-order valence-electron chi connectivity index (χ4n) is 4.17. The van der Waals surface area contributed by atoms with E-state index in [0.717, 1.165) is 70.5 Å². The molecule has 1 aliphatic heterocycles. The number of benzene rings is 1. The van der Waals surface area contributed by atoms with Gasteiger partial charge in [-0.15, -0.1) is 0 Å². The molecule has 1 atom stereocenters. The van der Waals surface area contributed by atoms with Gasteiger partial charge in [0.25, 0.3) is 5.91 Å². The van der Waals surface area contributed by atoms with E-state index < -0.39 is 0 Å². The molecule has 3 aromatic rings. The molecule has 1 amide bonds. The number of hydrogen-bond donors (Lipinski definition) is 0. The highest BCUT2D eigenvalue weighted by molar-refractivity contribution is 6.07. The number of nitrogens with zero attached hydrogens (tertiary/aromatic N) is 3. The Balaban J connectivity index is 1.81. The van der Waals surface area contributed by atoms with Crippen molar-refractivity contribution in [2.24, 2.45) is 0 Å². The summed E-state index contributed by atoms with van der Waals surface area (Å²) in [4.78, 5) is 20.3. The van der Waals surface area contributed by atoms with Gasteiger partial charge in [-0.1, -0.05) is 16.8 Å². The maximum atomic E-state index is 13.6. The van der Waals surface area contributed by atoms with Crippen LogP contribution in [0.15, 0.2) is 28.8 Å². The Hall–Kier alpha value is -2.69. The molecule has 2 aromatic heterocycles. The molecule has 0 saturated carbocycles. The average molecular weight is 363 g/mol. The summed E-state index contributed by atoms with van der Waals surface area (Å²) in [5.74, 6) is 0.834. The number of rotatable bonds is 2. The lowest BCUT2D eigenvalue weighted by Gasteiger charge is -2.35. The zero-order valence-electron chi connectivity index (χ0n) is 16.4. The second-order valence-electron chi connectivity index (χ2n) is 7.66. The van der Waals surface area contributed by atoms with Crippen LogP contribution in [0.1, 0.15) is 63.9 Å². The lowest BCUT2D eigenvalue weighted by atomic mass is 9.96. The molecule has 140 valence electrons. The Morgan fingerprint density at radius 3 is 2.67 bits per heavy atom. The van der Waals surface area contributed by atoms with E-state index in [1.165, 1.54) is 0 Å². The summed E-state index contributed by atoms with van der Waals surface area (Å²) in [6.07, 6.45) is 3.02. The molecular weight excluding hydrogens is 338 g/mol. The minimum absolute atomic E-state index is 0.0295. The van der Waals surface area contributed by atoms with Crippen molar-refractivity contribution in [1.82, 2.24) is 15.0 Å². The van der Waals surface area contributed by atoms with Gasteiger partial charge in [-0.25, -0.2) is 0 Å². The number of amides is 1. The van der Waals surface area contributed by atoms with Gasteiger partial charge in [0, 0.05) is 23.7 Å². The van der Waals surface area contributed by atoms with E-state index in [1.807, 2.05) is 30.9 Å². The van der Waals surface area contributed by atoms with Crippen molar-refractivity contribution in [2.75, 3.05) is 6.54 Å². The van der Waals surface area contributed by atoms with Crippen molar-refractivity contribution >= 4 is 16.8 Å². The summed E-state index contributed by atoms with van der Waals surface area (Å²) in [7, 11) is 0. The first-order valence-electron chi connectivity index (χ1n) is 9.57. The molecule has 1 fully saturated rings. The molecule has 5 heteroatoms. The van der Waals surface area contributed by atoms with E-state index in [1.54, 1.807) is 0 Å². The molecule has 3 heterocycles. The van der Waals surface area contributed by atoms with Gasteiger partial charge in [-0.3, -0.25) is 9.78 Å². The molecule has 0 N–H and O–H groups in total. The second kappa shape index (κ2) is 6.80. The normalized spacial score (nSPS) is 17.5. The third-order valence-corrected chi connectivity index (χ3v) is 5.36. The molecule has 0 bridgehead atoms. The van der Waals surface area contributed by atoms with Crippen LogP contribution < -0.4 is 0 Å². The largest absolute Gasteiger partial charge is 0.361 e. The summed E-state index contributed by atoms with van der Waals surface area (Å²) < 4.78 is 5.27. The van der Waals surface area contributed by atoms with E-state index in [2.05, 4.69) is 36.1 Å². The Labute approximate surface area is 159 Å². The topological polar surface area (TPSA) is 59.2 Å². The van der Waals surface area contributed by atoms with E-state index in [0.29, 0.717) is 0 Å². The SMILES string of the molecule is Cc1cc(C)c2nc(C)cc(C(=O)N3CCCC[C@@H]3c3cc(C)on3)c2c1. The van der Waals surface area contributed by atoms with Crippen LogP contribution in [-0.2, 0) is 0 Å². The van der Waals surface area contributed by atoms with E-state index in [9.17, 15) is 4.79 Å². The Morgan fingerprint density at radius 1 is 1.11 bits per heavy atom. The molecule has 0 aliphatic carbocycles. The minimum atomic E-state index is -0.0295. The van der Waals surface area contributed by atoms with Gasteiger partial charge in [0.15, 0.2) is 0 Å². The van der Waals surface area contributed by atoms with Crippen LogP contribution in [0.2, 0.25) is 0 Å². The molecule has 27 heavy (non-hydrogen) atoms. The van der Waals surface area contributed by atoms with Crippen molar-refractivity contribution in [3.8, 4) is 0 Å². The van der Waals surface area contributed by atoms with E-state index >= 15 is 0 Å². The van der Waals surface area contributed by atoms with Gasteiger partial charge in [-0.2, -0.15) is 0 Å². The van der Waals surface area contributed by atoms with Gasteiger partial charge < -0.3 is 9.42 Å². The number of piperidine rings is 1. The Bertz CT molecular complexity index is 1020. The summed E-state index contributed by atoms with van der Waals surface area (Å²) in [5, 5.41) is 5.13. The Morgan fingerprint density at radius 2 is 1.93 bits per heavy atom. The zero-order chi connectivity index (χ0) is 19.1. The predicted molar refractivity (Wildman–Crippen MR) is 105 cm³/mol. The Kier molecular flexibility index (Phi) is 4.46. The summed E-state index contributed by atoms with van der Waals surface area (Å²) in [6, 6.07) is 8.02. The summed E-state index contributed by atoms with van der Waals surface area (Å²) in [6.45, 7) is 8.68. The monoisotopic (exact) mass is 363 g/mol. The number of fused-ring (bicyclic) bond motifs is 1. The molecule has 0 spiro atoms. The van der Waals surface area contributed by atoms with Gasteiger partial charge in [-0.05, 0) is 64.7 Å². The number of aromatic nitrogens is 2. The number of likely N-dealkylation sites (tertiary alicyclic amines) is 1.